The van der Waals surface area contributed by atoms with Crippen LogP contribution in [0.1, 0.15) is 20.8 Å². The highest BCUT2D eigenvalue weighted by Crippen LogP contribution is 1.96. The van der Waals surface area contributed by atoms with Gasteiger partial charge in [0.1, 0.15) is 0 Å². The van der Waals surface area contributed by atoms with Crippen LogP contribution in [-0.4, -0.2) is 35.7 Å². The maximum Gasteiger partial charge on any atom is 0.0558 e. The smallest absolute Gasteiger partial charge is 0.0558 e. The lowest BCUT2D eigenvalue weighted by Crippen LogP contribution is -2.33. The zero-order valence-electron chi connectivity index (χ0n) is 7.75. The molecule has 2 nitrogen and oxygen atoms in total. The third-order valence-electron chi connectivity index (χ3n) is 1.69. The number of aliphatic hydroxyl groups excluding tert-OH is 1. The third-order valence-corrected chi connectivity index (χ3v) is 1.69. The van der Waals surface area contributed by atoms with Crippen LogP contribution in [0.3, 0.4) is 0 Å². The summed E-state index contributed by atoms with van der Waals surface area (Å²) >= 11 is 0. The van der Waals surface area contributed by atoms with E-state index in [0.29, 0.717) is 6.04 Å². The Kier molecular flexibility index (Phi) is 6.18. The molecule has 0 spiro atoms. The lowest BCUT2D eigenvalue weighted by molar-refractivity contribution is 0.180. The van der Waals surface area contributed by atoms with E-state index in [1.165, 1.54) is 0 Å². The zero-order valence-corrected chi connectivity index (χ0v) is 7.75. The summed E-state index contributed by atoms with van der Waals surface area (Å²) in [4.78, 5) is 2.22. The molecule has 0 aliphatic rings. The van der Waals surface area contributed by atoms with Gasteiger partial charge in [-0.25, -0.2) is 0 Å². The van der Waals surface area contributed by atoms with Crippen LogP contribution in [0, 0.1) is 0 Å². The van der Waals surface area contributed by atoms with Gasteiger partial charge >= 0.3 is 0 Å². The molecule has 2 heteroatoms. The summed E-state index contributed by atoms with van der Waals surface area (Å²) in [6.07, 6.45) is 4.14. The molecule has 0 rings (SSSR count). The Hall–Kier alpha value is -0.340. The first-order valence-corrected chi connectivity index (χ1v) is 4.18. The predicted molar refractivity (Wildman–Crippen MR) is 48.6 cm³/mol. The number of nitrogens with zero attached hydrogens (tertiary/aromatic N) is 1. The van der Waals surface area contributed by atoms with E-state index in [0.717, 1.165) is 13.1 Å². The second-order valence-electron chi connectivity index (χ2n) is 2.88. The summed E-state index contributed by atoms with van der Waals surface area (Å²) in [6.45, 7) is 8.24. The van der Waals surface area contributed by atoms with Gasteiger partial charge in [0, 0.05) is 19.1 Å². The largest absolute Gasteiger partial charge is 0.395 e. The van der Waals surface area contributed by atoms with E-state index in [4.69, 9.17) is 5.11 Å². The Morgan fingerprint density at radius 1 is 1.45 bits per heavy atom. The summed E-state index contributed by atoms with van der Waals surface area (Å²) in [5, 5.41) is 8.72. The Morgan fingerprint density at radius 3 is 2.45 bits per heavy atom. The summed E-state index contributed by atoms with van der Waals surface area (Å²) < 4.78 is 0. The van der Waals surface area contributed by atoms with Crippen LogP contribution in [-0.2, 0) is 0 Å². The molecule has 66 valence electrons. The normalized spacial score (nSPS) is 12.2. The predicted octanol–water partition coefficient (Wildman–Crippen LogP) is 1.27. The van der Waals surface area contributed by atoms with Gasteiger partial charge < -0.3 is 5.11 Å². The van der Waals surface area contributed by atoms with Crippen molar-refractivity contribution in [3.8, 4) is 0 Å². The summed E-state index contributed by atoms with van der Waals surface area (Å²) in [5.41, 5.74) is 0. The van der Waals surface area contributed by atoms with Gasteiger partial charge in [-0.2, -0.15) is 0 Å². The molecule has 0 aromatic rings. The van der Waals surface area contributed by atoms with Crippen molar-refractivity contribution in [2.75, 3.05) is 19.7 Å². The van der Waals surface area contributed by atoms with Crippen molar-refractivity contribution >= 4 is 0 Å². The molecule has 11 heavy (non-hydrogen) atoms. The average Bonchev–Trinajstić information content (AvgIpc) is 1.97. The van der Waals surface area contributed by atoms with Crippen LogP contribution in [0.5, 0.6) is 0 Å². The average molecular weight is 157 g/mol. The van der Waals surface area contributed by atoms with E-state index < -0.39 is 0 Å². The molecule has 0 bridgehead atoms. The number of allylic oxidation sites excluding steroid dienone is 1. The summed E-state index contributed by atoms with van der Waals surface area (Å²) in [6, 6.07) is 0.512. The number of hydrogen-bond donors (Lipinski definition) is 1. The minimum absolute atomic E-state index is 0.246. The fraction of sp³-hybridized carbons (Fsp3) is 0.778. The summed E-state index contributed by atoms with van der Waals surface area (Å²) in [5.74, 6) is 0. The molecule has 0 fully saturated rings. The van der Waals surface area contributed by atoms with Crippen LogP contribution < -0.4 is 0 Å². The molecule has 0 saturated carbocycles. The first-order chi connectivity index (χ1) is 5.22. The second-order valence-corrected chi connectivity index (χ2v) is 2.88. The number of rotatable bonds is 5. The minimum Gasteiger partial charge on any atom is -0.395 e. The third kappa shape index (κ3) is 4.99. The van der Waals surface area contributed by atoms with Crippen molar-refractivity contribution in [1.82, 2.24) is 4.90 Å². The fourth-order valence-corrected chi connectivity index (χ4v) is 0.930. The molecule has 0 heterocycles. The molecule has 0 saturated heterocycles. The van der Waals surface area contributed by atoms with Gasteiger partial charge in [-0.15, -0.1) is 0 Å². The number of hydrogen-bond acceptors (Lipinski definition) is 2. The molecule has 0 aromatic heterocycles. The maximum absolute atomic E-state index is 8.72. The van der Waals surface area contributed by atoms with Gasteiger partial charge in [-0.05, 0) is 20.8 Å². The monoisotopic (exact) mass is 157 g/mol. The quantitative estimate of drug-likeness (QED) is 0.607. The van der Waals surface area contributed by atoms with Crippen molar-refractivity contribution in [3.05, 3.63) is 12.2 Å². The Balaban J connectivity index is 3.69. The fourth-order valence-electron chi connectivity index (χ4n) is 0.930. The molecule has 0 aromatic carbocycles. The first-order valence-electron chi connectivity index (χ1n) is 4.18. The van der Waals surface area contributed by atoms with Gasteiger partial charge in [-0.1, -0.05) is 12.2 Å². The van der Waals surface area contributed by atoms with Crippen molar-refractivity contribution in [2.45, 2.75) is 26.8 Å². The molecule has 1 N–H and O–H groups in total. The van der Waals surface area contributed by atoms with Crippen LogP contribution in [0.15, 0.2) is 12.2 Å². The van der Waals surface area contributed by atoms with Crippen LogP contribution in [0.25, 0.3) is 0 Å². The molecule has 0 atom stereocenters. The zero-order chi connectivity index (χ0) is 8.69. The van der Waals surface area contributed by atoms with Crippen LogP contribution in [0.2, 0.25) is 0 Å². The van der Waals surface area contributed by atoms with E-state index in [2.05, 4.69) is 24.8 Å². The van der Waals surface area contributed by atoms with Crippen molar-refractivity contribution in [1.29, 1.82) is 0 Å². The highest BCUT2D eigenvalue weighted by atomic mass is 16.3. The topological polar surface area (TPSA) is 23.5 Å². The highest BCUT2D eigenvalue weighted by molar-refractivity contribution is 4.82. The lowest BCUT2D eigenvalue weighted by atomic mass is 10.3. The van der Waals surface area contributed by atoms with Crippen LogP contribution in [0.4, 0.5) is 0 Å². The molecule has 0 amide bonds. The molecular formula is C9H19NO. The number of aliphatic hydroxyl groups is 1. The Labute approximate surface area is 69.5 Å². The van der Waals surface area contributed by atoms with E-state index in [1.54, 1.807) is 0 Å². The highest BCUT2D eigenvalue weighted by Gasteiger charge is 2.04. The van der Waals surface area contributed by atoms with Gasteiger partial charge in [-0.3, -0.25) is 4.90 Å². The second kappa shape index (κ2) is 6.38. The lowest BCUT2D eigenvalue weighted by Gasteiger charge is -2.23. The molecule has 0 aliphatic heterocycles. The van der Waals surface area contributed by atoms with Gasteiger partial charge in [0.2, 0.25) is 0 Å². The maximum atomic E-state index is 8.72. The van der Waals surface area contributed by atoms with Crippen molar-refractivity contribution in [2.24, 2.45) is 0 Å². The van der Waals surface area contributed by atoms with Crippen molar-refractivity contribution in [3.63, 3.8) is 0 Å². The van der Waals surface area contributed by atoms with Gasteiger partial charge in [0.25, 0.3) is 0 Å². The van der Waals surface area contributed by atoms with Gasteiger partial charge in [0.15, 0.2) is 0 Å². The first kappa shape index (κ1) is 10.7. The minimum atomic E-state index is 0.246. The summed E-state index contributed by atoms with van der Waals surface area (Å²) in [7, 11) is 0. The molecule has 0 aliphatic carbocycles. The Bertz CT molecular complexity index is 110. The SMILES string of the molecule is CC=CCN(CCO)C(C)C. The standard InChI is InChI=1S/C9H19NO/c1-4-5-6-10(7-8-11)9(2)3/h4-5,9,11H,6-8H2,1-3H3. The molecule has 0 unspecified atom stereocenters. The van der Waals surface area contributed by atoms with E-state index >= 15 is 0 Å². The van der Waals surface area contributed by atoms with Gasteiger partial charge in [0.05, 0.1) is 6.61 Å². The van der Waals surface area contributed by atoms with E-state index in [9.17, 15) is 0 Å². The van der Waals surface area contributed by atoms with Crippen molar-refractivity contribution < 1.29 is 5.11 Å². The van der Waals surface area contributed by atoms with E-state index in [1.807, 2.05) is 13.0 Å². The Morgan fingerprint density at radius 2 is 2.09 bits per heavy atom. The molecular weight excluding hydrogens is 138 g/mol. The molecule has 0 radical (unpaired) electrons. The van der Waals surface area contributed by atoms with Crippen LogP contribution >= 0.6 is 0 Å². The van der Waals surface area contributed by atoms with E-state index in [-0.39, 0.29) is 6.61 Å².